The van der Waals surface area contributed by atoms with Crippen LogP contribution < -0.4 is 22.5 Å². The lowest BCUT2D eigenvalue weighted by molar-refractivity contribution is -0.137. The molecule has 0 spiro atoms. The van der Waals surface area contributed by atoms with Gasteiger partial charge in [0.25, 0.3) is 0 Å². The van der Waals surface area contributed by atoms with Crippen molar-refractivity contribution in [3.8, 4) is 5.69 Å². The Morgan fingerprint density at radius 3 is 2.32 bits per heavy atom. The number of carbonyl (C=O) groups excluding carboxylic acids is 2. The van der Waals surface area contributed by atoms with Gasteiger partial charge in [-0.2, -0.15) is 4.98 Å². The molecule has 38 heavy (non-hydrogen) atoms. The second-order valence-corrected chi connectivity index (χ2v) is 11.0. The zero-order valence-electron chi connectivity index (χ0n) is 22.6. The molecule has 2 saturated heterocycles. The summed E-state index contributed by atoms with van der Waals surface area (Å²) in [6.45, 7) is 10.0. The van der Waals surface area contributed by atoms with Crippen molar-refractivity contribution in [2.75, 3.05) is 51.1 Å². The van der Waals surface area contributed by atoms with Crippen LogP contribution in [0.3, 0.4) is 0 Å². The van der Waals surface area contributed by atoms with Crippen LogP contribution in [0, 0.1) is 5.92 Å². The van der Waals surface area contributed by atoms with Crippen molar-refractivity contribution in [2.24, 2.45) is 17.4 Å². The van der Waals surface area contributed by atoms with Crippen LogP contribution in [0.2, 0.25) is 0 Å². The van der Waals surface area contributed by atoms with E-state index in [0.717, 1.165) is 32.5 Å². The third kappa shape index (κ3) is 6.58. The number of nitrogens with zero attached hydrogens (tertiary/aromatic N) is 5. The molecule has 0 saturated carbocycles. The summed E-state index contributed by atoms with van der Waals surface area (Å²) in [5.41, 5.74) is 12.2. The topological polar surface area (TPSA) is 143 Å². The number of nitrogens with two attached hydrogens (primary N) is 2. The molecule has 4 rings (SSSR count). The monoisotopic (exact) mass is 524 g/mol. The summed E-state index contributed by atoms with van der Waals surface area (Å²) >= 11 is 0. The second-order valence-electron chi connectivity index (χ2n) is 11.0. The first-order valence-corrected chi connectivity index (χ1v) is 13.3. The zero-order chi connectivity index (χ0) is 27.4. The van der Waals surface area contributed by atoms with E-state index in [1.54, 1.807) is 35.9 Å². The Morgan fingerprint density at radius 2 is 1.74 bits per heavy atom. The Kier molecular flexibility index (Phi) is 8.49. The number of carbonyl (C=O) groups is 2. The fraction of sp³-hybridized carbons (Fsp3) is 0.556. The maximum atomic E-state index is 12.7. The number of amides is 3. The lowest BCUT2D eigenvalue weighted by atomic mass is 10.1. The van der Waals surface area contributed by atoms with Crippen LogP contribution in [-0.2, 0) is 11.2 Å². The van der Waals surface area contributed by atoms with Gasteiger partial charge in [0, 0.05) is 45.0 Å². The SMILES string of the molecule is CC(Cc1ccc(-n2ccc(NC(=O)N3CCN(C(=O)C(C)(C)N)CC3)nc2=O)cc1)N1CC[C@H](CN)C1. The van der Waals surface area contributed by atoms with Crippen LogP contribution in [0.25, 0.3) is 5.69 Å². The van der Waals surface area contributed by atoms with Gasteiger partial charge in [-0.25, -0.2) is 9.59 Å². The molecule has 2 aliphatic heterocycles. The highest BCUT2D eigenvalue weighted by Gasteiger charge is 2.31. The molecule has 206 valence electrons. The molecule has 11 nitrogen and oxygen atoms in total. The van der Waals surface area contributed by atoms with Gasteiger partial charge in [-0.3, -0.25) is 19.6 Å². The van der Waals surface area contributed by atoms with E-state index in [4.69, 9.17) is 11.5 Å². The Labute approximate surface area is 223 Å². The predicted molar refractivity (Wildman–Crippen MR) is 147 cm³/mol. The van der Waals surface area contributed by atoms with Gasteiger partial charge in [0.1, 0.15) is 5.82 Å². The van der Waals surface area contributed by atoms with E-state index in [-0.39, 0.29) is 17.8 Å². The van der Waals surface area contributed by atoms with E-state index < -0.39 is 11.2 Å². The van der Waals surface area contributed by atoms with Crippen LogP contribution in [0.1, 0.15) is 32.8 Å². The lowest BCUT2D eigenvalue weighted by Crippen LogP contribution is -2.58. The van der Waals surface area contributed by atoms with Crippen molar-refractivity contribution in [2.45, 2.75) is 45.2 Å². The number of hydrogen-bond donors (Lipinski definition) is 3. The first kappa shape index (κ1) is 27.7. The van der Waals surface area contributed by atoms with E-state index in [1.165, 1.54) is 10.1 Å². The van der Waals surface area contributed by atoms with Gasteiger partial charge in [-0.15, -0.1) is 0 Å². The summed E-state index contributed by atoms with van der Waals surface area (Å²) in [6.07, 6.45) is 3.71. The van der Waals surface area contributed by atoms with Crippen LogP contribution in [0.5, 0.6) is 0 Å². The van der Waals surface area contributed by atoms with Crippen molar-refractivity contribution in [3.05, 3.63) is 52.6 Å². The molecular formula is C27H40N8O3. The summed E-state index contributed by atoms with van der Waals surface area (Å²) in [5.74, 6) is 0.638. The molecule has 11 heteroatoms. The van der Waals surface area contributed by atoms with Gasteiger partial charge in [0.15, 0.2) is 0 Å². The third-order valence-electron chi connectivity index (χ3n) is 7.46. The molecule has 3 amide bonds. The number of piperazine rings is 1. The Bertz CT molecular complexity index is 1180. The van der Waals surface area contributed by atoms with Crippen LogP contribution in [-0.4, -0.2) is 93.6 Å². The Hall–Kier alpha value is -3.28. The molecule has 0 aliphatic carbocycles. The average molecular weight is 525 g/mol. The molecular weight excluding hydrogens is 484 g/mol. The summed E-state index contributed by atoms with van der Waals surface area (Å²) in [7, 11) is 0. The van der Waals surface area contributed by atoms with Gasteiger partial charge in [0.05, 0.1) is 11.2 Å². The minimum absolute atomic E-state index is 0.141. The summed E-state index contributed by atoms with van der Waals surface area (Å²) in [5, 5.41) is 2.69. The van der Waals surface area contributed by atoms with Gasteiger partial charge in [-0.05, 0) is 76.4 Å². The minimum Gasteiger partial charge on any atom is -0.338 e. The number of nitrogens with one attached hydrogen (secondary N) is 1. The number of likely N-dealkylation sites (tertiary alicyclic amines) is 1. The van der Waals surface area contributed by atoms with E-state index in [9.17, 15) is 14.4 Å². The third-order valence-corrected chi connectivity index (χ3v) is 7.46. The van der Waals surface area contributed by atoms with Gasteiger partial charge in [0.2, 0.25) is 5.91 Å². The molecule has 0 radical (unpaired) electrons. The molecule has 2 aliphatic rings. The number of anilines is 1. The van der Waals surface area contributed by atoms with Gasteiger partial charge < -0.3 is 21.3 Å². The van der Waals surface area contributed by atoms with Crippen molar-refractivity contribution in [1.82, 2.24) is 24.3 Å². The van der Waals surface area contributed by atoms with Crippen LogP contribution >= 0.6 is 0 Å². The fourth-order valence-corrected chi connectivity index (χ4v) is 5.10. The molecule has 1 unspecified atom stereocenters. The first-order valence-electron chi connectivity index (χ1n) is 13.3. The fourth-order valence-electron chi connectivity index (χ4n) is 5.10. The minimum atomic E-state index is -0.945. The molecule has 1 aromatic heterocycles. The molecule has 2 atom stereocenters. The van der Waals surface area contributed by atoms with Gasteiger partial charge in [-0.1, -0.05) is 12.1 Å². The van der Waals surface area contributed by atoms with Crippen LogP contribution in [0.4, 0.5) is 10.6 Å². The average Bonchev–Trinajstić information content (AvgIpc) is 3.38. The van der Waals surface area contributed by atoms with Crippen molar-refractivity contribution in [1.29, 1.82) is 0 Å². The number of aromatic nitrogens is 2. The Morgan fingerprint density at radius 1 is 1.08 bits per heavy atom. The predicted octanol–water partition coefficient (Wildman–Crippen LogP) is 0.858. The smallest absolute Gasteiger partial charge is 0.338 e. The van der Waals surface area contributed by atoms with E-state index in [2.05, 4.69) is 22.1 Å². The second kappa shape index (κ2) is 11.6. The number of urea groups is 1. The van der Waals surface area contributed by atoms with E-state index in [0.29, 0.717) is 43.8 Å². The highest BCUT2D eigenvalue weighted by Crippen LogP contribution is 2.20. The van der Waals surface area contributed by atoms with Gasteiger partial charge >= 0.3 is 11.7 Å². The Balaban J connectivity index is 1.32. The lowest BCUT2D eigenvalue weighted by Gasteiger charge is -2.37. The summed E-state index contributed by atoms with van der Waals surface area (Å²) in [4.78, 5) is 47.6. The quantitative estimate of drug-likeness (QED) is 0.487. The van der Waals surface area contributed by atoms with E-state index in [1.807, 2.05) is 24.3 Å². The molecule has 3 heterocycles. The molecule has 2 fully saturated rings. The van der Waals surface area contributed by atoms with Crippen molar-refractivity contribution < 1.29 is 9.59 Å². The maximum Gasteiger partial charge on any atom is 0.354 e. The highest BCUT2D eigenvalue weighted by atomic mass is 16.2. The summed E-state index contributed by atoms with van der Waals surface area (Å²) < 4.78 is 1.45. The number of rotatable bonds is 7. The molecule has 2 aromatic rings. The van der Waals surface area contributed by atoms with Crippen molar-refractivity contribution in [3.63, 3.8) is 0 Å². The number of benzene rings is 1. The maximum absolute atomic E-state index is 12.7. The highest BCUT2D eigenvalue weighted by molar-refractivity contribution is 5.89. The first-order chi connectivity index (χ1) is 18.0. The largest absolute Gasteiger partial charge is 0.354 e. The van der Waals surface area contributed by atoms with Crippen molar-refractivity contribution >= 4 is 17.8 Å². The molecule has 5 N–H and O–H groups in total. The molecule has 1 aromatic carbocycles. The summed E-state index contributed by atoms with van der Waals surface area (Å²) in [6, 6.07) is 9.59. The normalized spacial score (nSPS) is 19.4. The van der Waals surface area contributed by atoms with Crippen LogP contribution in [0.15, 0.2) is 41.3 Å². The van der Waals surface area contributed by atoms with E-state index >= 15 is 0 Å². The standard InChI is InChI=1S/C27H40N8O3/c1-19(34-10-8-21(17-28)18-34)16-20-4-6-22(7-5-20)35-11-9-23(31-26(35)38)30-25(37)33-14-12-32(13-15-33)24(36)27(2,3)29/h4-7,9,11,19,21H,8,10,12-18,28-29H2,1-3H3,(H,30,31,37,38)/t19?,21-/m1/s1. The molecule has 0 bridgehead atoms. The zero-order valence-corrected chi connectivity index (χ0v) is 22.6. The number of hydrogen-bond acceptors (Lipinski definition) is 7.